The van der Waals surface area contributed by atoms with Crippen LogP contribution in [0.5, 0.6) is 5.75 Å². The number of aliphatic carboxylic acids is 1. The second-order valence-corrected chi connectivity index (χ2v) is 9.95. The average Bonchev–Trinajstić information content (AvgIpc) is 3.50. The van der Waals surface area contributed by atoms with E-state index in [4.69, 9.17) is 24.4 Å². The number of pyridine rings is 1. The molecule has 0 radical (unpaired) electrons. The zero-order valence-corrected chi connectivity index (χ0v) is 23.6. The van der Waals surface area contributed by atoms with E-state index in [1.54, 1.807) is 24.5 Å². The molecule has 1 aliphatic heterocycles. The Morgan fingerprint density at radius 3 is 2.36 bits per heavy atom. The van der Waals surface area contributed by atoms with Gasteiger partial charge in [0.2, 0.25) is 5.75 Å². The first kappa shape index (κ1) is 31.2. The van der Waals surface area contributed by atoms with Crippen molar-refractivity contribution in [2.75, 3.05) is 31.2 Å². The van der Waals surface area contributed by atoms with Gasteiger partial charge in [0.15, 0.2) is 11.5 Å². The highest BCUT2D eigenvalue weighted by molar-refractivity contribution is 5.73. The van der Waals surface area contributed by atoms with E-state index in [-0.39, 0.29) is 23.7 Å². The highest BCUT2D eigenvalue weighted by Gasteiger charge is 2.38. The molecule has 234 valence electrons. The first-order valence-electron chi connectivity index (χ1n) is 13.7. The summed E-state index contributed by atoms with van der Waals surface area (Å²) < 4.78 is 58.1. The zero-order valence-electron chi connectivity index (χ0n) is 23.6. The van der Waals surface area contributed by atoms with E-state index in [2.05, 4.69) is 14.9 Å². The van der Waals surface area contributed by atoms with Gasteiger partial charge in [0.25, 0.3) is 0 Å². The summed E-state index contributed by atoms with van der Waals surface area (Å²) in [6.45, 7) is 3.02. The molecular formula is C31H27F4N5O5. The number of aromatic nitrogens is 4. The summed E-state index contributed by atoms with van der Waals surface area (Å²) in [6.07, 6.45) is -1.05. The van der Waals surface area contributed by atoms with Crippen LogP contribution in [0.25, 0.3) is 17.2 Å². The predicted molar refractivity (Wildman–Crippen MR) is 156 cm³/mol. The number of alkyl halides is 3. The van der Waals surface area contributed by atoms with Crippen LogP contribution in [0.2, 0.25) is 0 Å². The lowest BCUT2D eigenvalue weighted by atomic mass is 10.1. The Bertz CT molecular complexity index is 1820. The van der Waals surface area contributed by atoms with Gasteiger partial charge in [0, 0.05) is 37.6 Å². The minimum atomic E-state index is -5.08. The fourth-order valence-electron chi connectivity index (χ4n) is 4.53. The first-order chi connectivity index (χ1) is 21.6. The van der Waals surface area contributed by atoms with E-state index in [1.807, 2.05) is 42.5 Å². The molecule has 0 atom stereocenters. The Labute approximate surface area is 253 Å². The maximum atomic E-state index is 13.8. The van der Waals surface area contributed by atoms with Crippen molar-refractivity contribution in [2.45, 2.75) is 19.2 Å². The van der Waals surface area contributed by atoms with Gasteiger partial charge in [0.1, 0.15) is 18.1 Å². The number of halogens is 4. The molecule has 0 saturated carbocycles. The molecule has 0 bridgehead atoms. The molecule has 0 spiro atoms. The van der Waals surface area contributed by atoms with Gasteiger partial charge < -0.3 is 24.5 Å². The fourth-order valence-corrected chi connectivity index (χ4v) is 4.53. The Balaban J connectivity index is 0.000000515. The number of carboxylic acids is 1. The molecule has 6 rings (SSSR count). The van der Waals surface area contributed by atoms with Gasteiger partial charge in [-0.3, -0.25) is 9.20 Å². The second kappa shape index (κ2) is 13.6. The smallest absolute Gasteiger partial charge is 0.481 e. The van der Waals surface area contributed by atoms with E-state index in [0.29, 0.717) is 36.8 Å². The van der Waals surface area contributed by atoms with Crippen molar-refractivity contribution in [3.63, 3.8) is 0 Å². The van der Waals surface area contributed by atoms with Gasteiger partial charge in [-0.25, -0.2) is 19.2 Å². The van der Waals surface area contributed by atoms with Crippen molar-refractivity contribution in [3.05, 3.63) is 112 Å². The molecule has 4 heterocycles. The van der Waals surface area contributed by atoms with E-state index in [0.717, 1.165) is 35.6 Å². The van der Waals surface area contributed by atoms with Crippen LogP contribution in [-0.2, 0) is 22.6 Å². The van der Waals surface area contributed by atoms with Crippen LogP contribution in [-0.4, -0.2) is 62.9 Å². The number of ether oxygens (including phenoxy) is 2. The van der Waals surface area contributed by atoms with Crippen LogP contribution in [0.1, 0.15) is 16.8 Å². The Morgan fingerprint density at radius 1 is 1.00 bits per heavy atom. The Morgan fingerprint density at radius 2 is 1.69 bits per heavy atom. The van der Waals surface area contributed by atoms with Gasteiger partial charge >= 0.3 is 17.7 Å². The number of carboxylic acid groups (broad SMARTS) is 1. The number of hydrogen-bond donors (Lipinski definition) is 2. The fraction of sp³-hybridized carbons (Fsp3) is 0.226. The highest BCUT2D eigenvalue weighted by Crippen LogP contribution is 2.26. The number of benzene rings is 2. The van der Waals surface area contributed by atoms with Crippen LogP contribution in [0, 0.1) is 5.82 Å². The predicted octanol–water partition coefficient (Wildman–Crippen LogP) is 4.86. The molecule has 5 aromatic rings. The van der Waals surface area contributed by atoms with Crippen molar-refractivity contribution in [1.82, 2.24) is 19.4 Å². The summed E-state index contributed by atoms with van der Waals surface area (Å²) in [7, 11) is 0. The Kier molecular flexibility index (Phi) is 9.42. The van der Waals surface area contributed by atoms with Crippen molar-refractivity contribution in [2.24, 2.45) is 0 Å². The molecule has 1 aliphatic rings. The van der Waals surface area contributed by atoms with Gasteiger partial charge in [-0.2, -0.15) is 13.2 Å². The topological polar surface area (TPSA) is 122 Å². The van der Waals surface area contributed by atoms with Crippen LogP contribution >= 0.6 is 0 Å². The maximum absolute atomic E-state index is 13.8. The first-order valence-corrected chi connectivity index (χ1v) is 13.7. The van der Waals surface area contributed by atoms with E-state index < -0.39 is 12.1 Å². The minimum Gasteiger partial charge on any atom is -0.481 e. The number of rotatable bonds is 7. The zero-order chi connectivity index (χ0) is 32.0. The monoisotopic (exact) mass is 625 g/mol. The molecule has 2 aromatic carbocycles. The molecule has 1 fully saturated rings. The number of H-pyrrole nitrogens is 1. The molecule has 45 heavy (non-hydrogen) atoms. The standard InChI is InChI=1S/C29H26FN5O3.C2HF3O2/c30-22-8-6-20(7-9-22)16-23-17-31-28(32-23)26-27(38-19-21-4-2-1-3-5-21)29(36)35-18-24(10-11-25(35)33-26)34-12-14-37-15-13-34;3-2(4,5)1(6)7/h1-11,17-18H,12-16,19H2,(H,31,32);(H,6,7). The number of carbonyl (C=O) groups is 1. The number of aromatic amines is 1. The molecule has 14 heteroatoms. The summed E-state index contributed by atoms with van der Waals surface area (Å²) >= 11 is 0. The molecule has 3 aromatic heterocycles. The normalized spacial score (nSPS) is 13.3. The Hall–Kier alpha value is -5.24. The number of hydrogen-bond acceptors (Lipinski definition) is 7. The van der Waals surface area contributed by atoms with Crippen LogP contribution in [0.15, 0.2) is 83.9 Å². The molecule has 0 amide bonds. The minimum absolute atomic E-state index is 0.119. The van der Waals surface area contributed by atoms with Gasteiger partial charge in [-0.05, 0) is 35.4 Å². The molecular weight excluding hydrogens is 598 g/mol. The number of anilines is 1. The van der Waals surface area contributed by atoms with E-state index in [9.17, 15) is 22.4 Å². The SMILES string of the molecule is O=C(O)C(F)(F)F.O=c1c(OCc2ccccc2)c(-c2ncc(Cc3ccc(F)cc3)[nH]2)nc2ccc(N3CCOCC3)cn12. The second-order valence-electron chi connectivity index (χ2n) is 9.95. The van der Waals surface area contributed by atoms with Crippen LogP contribution < -0.4 is 15.2 Å². The third-order valence-corrected chi connectivity index (χ3v) is 6.77. The maximum Gasteiger partial charge on any atom is 0.490 e. The van der Waals surface area contributed by atoms with Crippen LogP contribution in [0.4, 0.5) is 23.2 Å². The lowest BCUT2D eigenvalue weighted by Crippen LogP contribution is -2.36. The number of nitrogens with zero attached hydrogens (tertiary/aromatic N) is 4. The lowest BCUT2D eigenvalue weighted by molar-refractivity contribution is -0.192. The van der Waals surface area contributed by atoms with Crippen molar-refractivity contribution in [3.8, 4) is 17.3 Å². The third kappa shape index (κ3) is 7.84. The summed E-state index contributed by atoms with van der Waals surface area (Å²) in [5.41, 5.74) is 4.12. The van der Waals surface area contributed by atoms with Gasteiger partial charge in [0.05, 0.1) is 18.9 Å². The van der Waals surface area contributed by atoms with Crippen LogP contribution in [0.3, 0.4) is 0 Å². The van der Waals surface area contributed by atoms with E-state index >= 15 is 0 Å². The van der Waals surface area contributed by atoms with E-state index in [1.165, 1.54) is 16.5 Å². The summed E-state index contributed by atoms with van der Waals surface area (Å²) in [5, 5.41) is 7.12. The van der Waals surface area contributed by atoms with Gasteiger partial charge in [-0.15, -0.1) is 0 Å². The molecule has 0 unspecified atom stereocenters. The molecule has 1 saturated heterocycles. The summed E-state index contributed by atoms with van der Waals surface area (Å²) in [4.78, 5) is 37.4. The molecule has 2 N–H and O–H groups in total. The third-order valence-electron chi connectivity index (χ3n) is 6.77. The van der Waals surface area contributed by atoms with Gasteiger partial charge in [-0.1, -0.05) is 42.5 Å². The molecule has 0 aliphatic carbocycles. The van der Waals surface area contributed by atoms with Crippen molar-refractivity contribution < 1.29 is 36.9 Å². The van der Waals surface area contributed by atoms with Crippen molar-refractivity contribution >= 4 is 17.3 Å². The van der Waals surface area contributed by atoms with Crippen molar-refractivity contribution in [1.29, 1.82) is 0 Å². The molecule has 10 nitrogen and oxygen atoms in total. The largest absolute Gasteiger partial charge is 0.490 e. The number of imidazole rings is 1. The summed E-state index contributed by atoms with van der Waals surface area (Å²) in [5.74, 6) is -2.49. The highest BCUT2D eigenvalue weighted by atomic mass is 19.4. The summed E-state index contributed by atoms with van der Waals surface area (Å²) in [6, 6.07) is 19.8. The lowest BCUT2D eigenvalue weighted by Gasteiger charge is -2.28. The quantitative estimate of drug-likeness (QED) is 0.246. The average molecular weight is 626 g/mol. The number of nitrogens with one attached hydrogen (secondary N) is 1. The number of morpholine rings is 1. The number of fused-ring (bicyclic) bond motifs is 1.